The maximum absolute atomic E-state index is 12.2. The van der Waals surface area contributed by atoms with E-state index in [0.717, 1.165) is 5.69 Å². The van der Waals surface area contributed by atoms with E-state index in [1.807, 2.05) is 13.8 Å². The van der Waals surface area contributed by atoms with E-state index >= 15 is 0 Å². The molecule has 2 N–H and O–H groups in total. The SMILES string of the molecule is CNc1ccc(S(=O)(=O)NC(COC)C(C)C)cc1. The first kappa shape index (κ1) is 15.9. The molecule has 0 aliphatic heterocycles. The Morgan fingerprint density at radius 3 is 2.21 bits per heavy atom. The van der Waals surface area contributed by atoms with Crippen molar-refractivity contribution in [1.82, 2.24) is 4.72 Å². The summed E-state index contributed by atoms with van der Waals surface area (Å²) in [5, 5.41) is 2.95. The maximum atomic E-state index is 12.2. The van der Waals surface area contributed by atoms with Crippen molar-refractivity contribution in [3.05, 3.63) is 24.3 Å². The average Bonchev–Trinajstić information content (AvgIpc) is 2.38. The van der Waals surface area contributed by atoms with Gasteiger partial charge in [0.1, 0.15) is 0 Å². The normalized spacial score (nSPS) is 13.5. The van der Waals surface area contributed by atoms with Gasteiger partial charge in [0.25, 0.3) is 0 Å². The summed E-state index contributed by atoms with van der Waals surface area (Å²) in [7, 11) is -0.162. The van der Waals surface area contributed by atoms with Gasteiger partial charge in [0.15, 0.2) is 0 Å². The third kappa shape index (κ3) is 4.49. The average molecular weight is 286 g/mol. The van der Waals surface area contributed by atoms with E-state index in [1.54, 1.807) is 38.4 Å². The van der Waals surface area contributed by atoms with Crippen LogP contribution in [-0.2, 0) is 14.8 Å². The smallest absolute Gasteiger partial charge is 0.240 e. The lowest BCUT2D eigenvalue weighted by atomic mass is 10.1. The predicted octanol–water partition coefficient (Wildman–Crippen LogP) is 1.68. The lowest BCUT2D eigenvalue weighted by molar-refractivity contribution is 0.157. The molecule has 0 radical (unpaired) electrons. The van der Waals surface area contributed by atoms with Crippen molar-refractivity contribution in [2.24, 2.45) is 5.92 Å². The van der Waals surface area contributed by atoms with Crippen LogP contribution in [0.4, 0.5) is 5.69 Å². The molecule has 0 aliphatic carbocycles. The van der Waals surface area contributed by atoms with Gasteiger partial charge < -0.3 is 10.1 Å². The summed E-state index contributed by atoms with van der Waals surface area (Å²) in [4.78, 5) is 0.258. The molecule has 0 spiro atoms. The second-order valence-corrected chi connectivity index (χ2v) is 6.42. The van der Waals surface area contributed by atoms with Gasteiger partial charge in [0.2, 0.25) is 10.0 Å². The Morgan fingerprint density at radius 1 is 1.21 bits per heavy atom. The molecule has 0 amide bonds. The monoisotopic (exact) mass is 286 g/mol. The van der Waals surface area contributed by atoms with E-state index in [9.17, 15) is 8.42 Å². The van der Waals surface area contributed by atoms with Gasteiger partial charge in [-0.25, -0.2) is 13.1 Å². The third-order valence-electron chi connectivity index (χ3n) is 2.91. The minimum absolute atomic E-state index is 0.159. The van der Waals surface area contributed by atoms with Crippen molar-refractivity contribution in [2.75, 3.05) is 26.1 Å². The maximum Gasteiger partial charge on any atom is 0.240 e. The van der Waals surface area contributed by atoms with E-state index in [2.05, 4.69) is 10.0 Å². The Morgan fingerprint density at radius 2 is 1.79 bits per heavy atom. The highest BCUT2D eigenvalue weighted by molar-refractivity contribution is 7.89. The first-order valence-corrected chi connectivity index (χ1v) is 7.68. The van der Waals surface area contributed by atoms with E-state index in [-0.39, 0.29) is 16.9 Å². The largest absolute Gasteiger partial charge is 0.388 e. The van der Waals surface area contributed by atoms with Gasteiger partial charge in [-0.1, -0.05) is 13.8 Å². The van der Waals surface area contributed by atoms with Crippen LogP contribution < -0.4 is 10.0 Å². The molecule has 1 atom stereocenters. The molecule has 0 saturated carbocycles. The van der Waals surface area contributed by atoms with Crippen LogP contribution >= 0.6 is 0 Å². The number of anilines is 1. The number of benzene rings is 1. The van der Waals surface area contributed by atoms with Gasteiger partial charge in [0.05, 0.1) is 11.5 Å². The van der Waals surface area contributed by atoms with E-state index < -0.39 is 10.0 Å². The fourth-order valence-electron chi connectivity index (χ4n) is 1.61. The zero-order chi connectivity index (χ0) is 14.5. The number of methoxy groups -OCH3 is 1. The summed E-state index contributed by atoms with van der Waals surface area (Å²) < 4.78 is 32.2. The minimum atomic E-state index is -3.51. The van der Waals surface area contributed by atoms with Gasteiger partial charge in [-0.05, 0) is 30.2 Å². The van der Waals surface area contributed by atoms with Crippen molar-refractivity contribution in [3.63, 3.8) is 0 Å². The Balaban J connectivity index is 2.89. The minimum Gasteiger partial charge on any atom is -0.388 e. The molecule has 1 rings (SSSR count). The number of sulfonamides is 1. The summed E-state index contributed by atoms with van der Waals surface area (Å²) in [6.45, 7) is 4.26. The second kappa shape index (κ2) is 6.88. The number of rotatable bonds is 7. The fraction of sp³-hybridized carbons (Fsp3) is 0.538. The summed E-state index contributed by atoms with van der Waals surface area (Å²) in [6, 6.07) is 6.39. The molecule has 1 unspecified atom stereocenters. The predicted molar refractivity (Wildman–Crippen MR) is 76.8 cm³/mol. The molecule has 108 valence electrons. The van der Waals surface area contributed by atoms with Crippen LogP contribution in [0.2, 0.25) is 0 Å². The van der Waals surface area contributed by atoms with Gasteiger partial charge in [0, 0.05) is 25.9 Å². The zero-order valence-corrected chi connectivity index (χ0v) is 12.6. The lowest BCUT2D eigenvalue weighted by Gasteiger charge is -2.21. The molecule has 0 aliphatic rings. The van der Waals surface area contributed by atoms with E-state index in [0.29, 0.717) is 6.61 Å². The van der Waals surface area contributed by atoms with E-state index in [1.165, 1.54) is 0 Å². The summed E-state index contributed by atoms with van der Waals surface area (Å²) in [5.41, 5.74) is 0.872. The number of nitrogens with one attached hydrogen (secondary N) is 2. The van der Waals surface area contributed by atoms with Crippen molar-refractivity contribution < 1.29 is 13.2 Å². The molecule has 0 aromatic heterocycles. The van der Waals surface area contributed by atoms with Crippen molar-refractivity contribution in [2.45, 2.75) is 24.8 Å². The van der Waals surface area contributed by atoms with Crippen LogP contribution in [0.15, 0.2) is 29.2 Å². The van der Waals surface area contributed by atoms with Gasteiger partial charge in [-0.15, -0.1) is 0 Å². The molecule has 19 heavy (non-hydrogen) atoms. The van der Waals surface area contributed by atoms with Crippen LogP contribution in [0, 0.1) is 5.92 Å². The van der Waals surface area contributed by atoms with Crippen LogP contribution in [0.3, 0.4) is 0 Å². The van der Waals surface area contributed by atoms with Crippen molar-refractivity contribution in [3.8, 4) is 0 Å². The molecular formula is C13H22N2O3S. The molecule has 1 aromatic carbocycles. The molecule has 0 saturated heterocycles. The summed E-state index contributed by atoms with van der Waals surface area (Å²) in [6.07, 6.45) is 0. The van der Waals surface area contributed by atoms with Crippen molar-refractivity contribution in [1.29, 1.82) is 0 Å². The lowest BCUT2D eigenvalue weighted by Crippen LogP contribution is -2.41. The molecule has 0 fully saturated rings. The highest BCUT2D eigenvalue weighted by Gasteiger charge is 2.22. The summed E-state index contributed by atoms with van der Waals surface area (Å²) in [5.74, 6) is 0.159. The molecular weight excluding hydrogens is 264 g/mol. The van der Waals surface area contributed by atoms with Gasteiger partial charge >= 0.3 is 0 Å². The molecule has 5 nitrogen and oxygen atoms in total. The number of hydrogen-bond donors (Lipinski definition) is 2. The quantitative estimate of drug-likeness (QED) is 0.800. The highest BCUT2D eigenvalue weighted by Crippen LogP contribution is 2.15. The molecule has 1 aromatic rings. The Hall–Kier alpha value is -1.11. The highest BCUT2D eigenvalue weighted by atomic mass is 32.2. The number of hydrogen-bond acceptors (Lipinski definition) is 4. The van der Waals surface area contributed by atoms with Crippen LogP contribution in [0.1, 0.15) is 13.8 Å². The van der Waals surface area contributed by atoms with Crippen LogP contribution in [0.25, 0.3) is 0 Å². The topological polar surface area (TPSA) is 67.4 Å². The molecule has 6 heteroatoms. The third-order valence-corrected chi connectivity index (χ3v) is 4.42. The Labute approximate surface area is 115 Å². The first-order valence-electron chi connectivity index (χ1n) is 6.19. The standard InChI is InChI=1S/C13H22N2O3S/c1-10(2)13(9-18-4)15-19(16,17)12-7-5-11(14-3)6-8-12/h5-8,10,13-15H,9H2,1-4H3. The molecule has 0 heterocycles. The molecule has 0 bridgehead atoms. The second-order valence-electron chi connectivity index (χ2n) is 4.70. The van der Waals surface area contributed by atoms with Crippen molar-refractivity contribution >= 4 is 15.7 Å². The van der Waals surface area contributed by atoms with Crippen LogP contribution in [0.5, 0.6) is 0 Å². The van der Waals surface area contributed by atoms with Crippen LogP contribution in [-0.4, -0.2) is 35.2 Å². The van der Waals surface area contributed by atoms with Gasteiger partial charge in [-0.2, -0.15) is 0 Å². The Bertz CT molecular complexity index is 483. The van der Waals surface area contributed by atoms with Gasteiger partial charge in [-0.3, -0.25) is 0 Å². The fourth-order valence-corrected chi connectivity index (χ4v) is 2.98. The summed E-state index contributed by atoms with van der Waals surface area (Å²) >= 11 is 0. The Kier molecular flexibility index (Phi) is 5.78. The number of ether oxygens (including phenoxy) is 1. The first-order chi connectivity index (χ1) is 8.90. The zero-order valence-electron chi connectivity index (χ0n) is 11.8. The van der Waals surface area contributed by atoms with E-state index in [4.69, 9.17) is 4.74 Å².